The first-order valence-electron chi connectivity index (χ1n) is 40.8. The van der Waals surface area contributed by atoms with Gasteiger partial charge in [0.2, 0.25) is 0 Å². The third-order valence-electron chi connectivity index (χ3n) is 16.7. The number of allylic oxidation sites excluding steroid dienone is 26. The number of hydrogen-bond acceptors (Lipinski definition) is 14. The second kappa shape index (κ2) is 78.7. The highest BCUT2D eigenvalue weighted by molar-refractivity contribution is 7.47. The van der Waals surface area contributed by atoms with Crippen LogP contribution < -0.4 is 0 Å². The summed E-state index contributed by atoms with van der Waals surface area (Å²) in [5.74, 6) is -1.60. The number of hydrogen-bond donors (Lipinski definition) is 4. The van der Waals surface area contributed by atoms with Crippen molar-refractivity contribution in [3.63, 3.8) is 0 Å². The molecule has 0 aromatic heterocycles. The molecule has 0 bridgehead atoms. The Kier molecular flexibility index (Phi) is 75.1. The Morgan fingerprint density at radius 2 is 0.476 bits per heavy atom. The summed E-state index contributed by atoms with van der Waals surface area (Å²) in [4.78, 5) is 58.7. The highest BCUT2D eigenvalue weighted by Crippen LogP contribution is 2.45. The molecule has 0 rings (SSSR count). The lowest BCUT2D eigenvalue weighted by atomic mass is 10.0. The molecule has 5 unspecified atom stereocenters. The van der Waals surface area contributed by atoms with Crippen molar-refractivity contribution in [2.45, 2.75) is 334 Å². The molecule has 18 heteroatoms. The lowest BCUT2D eigenvalue weighted by molar-refractivity contribution is -0.161. The summed E-state index contributed by atoms with van der Waals surface area (Å²) in [6, 6.07) is 0. The van der Waals surface area contributed by atoms with Crippen LogP contribution in [0, 0.1) is 0 Å². The van der Waals surface area contributed by atoms with Crippen LogP contribution in [0.2, 0.25) is 0 Å². The Bertz CT molecular complexity index is 2540. The molecule has 0 radical (unpaired) electrons. The van der Waals surface area contributed by atoms with Crippen molar-refractivity contribution in [2.75, 3.05) is 39.6 Å². The van der Waals surface area contributed by atoms with Crippen molar-refractivity contribution < 1.29 is 75.8 Å². The molecule has 600 valence electrons. The number of carbonyl (C=O) groups excluding carboxylic acids is 3. The van der Waals surface area contributed by atoms with Crippen molar-refractivity contribution in [2.24, 2.45) is 0 Å². The van der Waals surface area contributed by atoms with E-state index in [-0.39, 0.29) is 19.3 Å². The van der Waals surface area contributed by atoms with E-state index in [1.54, 1.807) is 0 Å². The Balaban J connectivity index is 4.50. The second-order valence-corrected chi connectivity index (χ2v) is 29.7. The molecule has 0 saturated heterocycles. The molecule has 0 aromatic carbocycles. The number of esters is 3. The maximum absolute atomic E-state index is 13.0. The van der Waals surface area contributed by atoms with Crippen molar-refractivity contribution >= 4 is 33.6 Å². The molecule has 0 heterocycles. The second-order valence-electron chi connectivity index (χ2n) is 26.8. The SMILES string of the molecule is CC/C=C\C/C=C\C/C=C\C/C=C\C/C=C\C/C=C\CCCCCCCCCCCCCCCCC(=O)OCC(O)COP(=O)(O)OCC(O)COP(=O)(O)OCC(COC(=O)CCCCCCCC/C=C\C/C=C\C/C=C\C/C=C\CC)OC(=O)CCCCCCCCC/C=C\C/C=C\C/C=C\CC. The van der Waals surface area contributed by atoms with Crippen molar-refractivity contribution in [3.8, 4) is 0 Å². The molecule has 5 atom stereocenters. The smallest absolute Gasteiger partial charge is 0.463 e. The van der Waals surface area contributed by atoms with Gasteiger partial charge in [0.15, 0.2) is 6.10 Å². The minimum Gasteiger partial charge on any atom is -0.463 e. The molecule has 0 aromatic rings. The van der Waals surface area contributed by atoms with Gasteiger partial charge in [-0.15, -0.1) is 0 Å². The van der Waals surface area contributed by atoms with E-state index < -0.39 is 91.5 Å². The zero-order valence-electron chi connectivity index (χ0n) is 65.6. The summed E-state index contributed by atoms with van der Waals surface area (Å²) in [6.07, 6.45) is 98.6. The number of phosphoric ester groups is 2. The van der Waals surface area contributed by atoms with Crippen LogP contribution in [0.5, 0.6) is 0 Å². The Labute approximate surface area is 638 Å². The van der Waals surface area contributed by atoms with Crippen LogP contribution in [-0.4, -0.2) is 95.9 Å². The minimum atomic E-state index is -4.94. The van der Waals surface area contributed by atoms with Crippen LogP contribution in [-0.2, 0) is 55.8 Å². The number of phosphoric acid groups is 2. The number of rotatable bonds is 76. The van der Waals surface area contributed by atoms with Gasteiger partial charge in [0, 0.05) is 19.3 Å². The van der Waals surface area contributed by atoms with Crippen LogP contribution in [0.4, 0.5) is 0 Å². The summed E-state index contributed by atoms with van der Waals surface area (Å²) in [5, 5.41) is 20.7. The number of ether oxygens (including phenoxy) is 3. The summed E-state index contributed by atoms with van der Waals surface area (Å²) in [7, 11) is -9.80. The Morgan fingerprint density at radius 1 is 0.267 bits per heavy atom. The molecule has 0 spiro atoms. The van der Waals surface area contributed by atoms with E-state index in [4.69, 9.17) is 32.3 Å². The zero-order valence-corrected chi connectivity index (χ0v) is 67.4. The fourth-order valence-electron chi connectivity index (χ4n) is 10.6. The van der Waals surface area contributed by atoms with Gasteiger partial charge in [0.1, 0.15) is 25.4 Å². The minimum absolute atomic E-state index is 0.0862. The number of carbonyl (C=O) groups is 3. The molecule has 0 amide bonds. The van der Waals surface area contributed by atoms with Crippen molar-refractivity contribution in [1.82, 2.24) is 0 Å². The van der Waals surface area contributed by atoms with Gasteiger partial charge in [0.05, 0.1) is 26.4 Å². The maximum atomic E-state index is 13.0. The monoisotopic (exact) mass is 1510 g/mol. The van der Waals surface area contributed by atoms with Gasteiger partial charge >= 0.3 is 33.6 Å². The van der Waals surface area contributed by atoms with Gasteiger partial charge < -0.3 is 34.2 Å². The van der Waals surface area contributed by atoms with Gasteiger partial charge in [-0.3, -0.25) is 32.5 Å². The molecule has 105 heavy (non-hydrogen) atoms. The average Bonchev–Trinajstić information content (AvgIpc) is 0.911. The summed E-state index contributed by atoms with van der Waals surface area (Å²) in [6.45, 7) is 2.32. The van der Waals surface area contributed by atoms with E-state index in [0.29, 0.717) is 19.3 Å². The summed E-state index contributed by atoms with van der Waals surface area (Å²) in [5.41, 5.74) is 0. The van der Waals surface area contributed by atoms with Gasteiger partial charge in [-0.05, 0) is 141 Å². The molecule has 0 aliphatic carbocycles. The molecular weight excluding hydrogens is 1360 g/mol. The highest BCUT2D eigenvalue weighted by atomic mass is 31.2. The largest absolute Gasteiger partial charge is 0.472 e. The normalized spacial score (nSPS) is 14.8. The maximum Gasteiger partial charge on any atom is 0.472 e. The van der Waals surface area contributed by atoms with Crippen LogP contribution >= 0.6 is 15.6 Å². The number of aliphatic hydroxyl groups excluding tert-OH is 2. The van der Waals surface area contributed by atoms with Gasteiger partial charge in [-0.25, -0.2) is 9.13 Å². The molecule has 16 nitrogen and oxygen atoms in total. The lowest BCUT2D eigenvalue weighted by Crippen LogP contribution is -2.30. The van der Waals surface area contributed by atoms with Crippen LogP contribution in [0.3, 0.4) is 0 Å². The molecule has 0 saturated carbocycles. The lowest BCUT2D eigenvalue weighted by Gasteiger charge is -2.21. The first kappa shape index (κ1) is 100. The van der Waals surface area contributed by atoms with E-state index in [0.717, 1.165) is 193 Å². The predicted molar refractivity (Wildman–Crippen MR) is 435 cm³/mol. The van der Waals surface area contributed by atoms with Crippen molar-refractivity contribution in [1.29, 1.82) is 0 Å². The first-order valence-corrected chi connectivity index (χ1v) is 43.8. The van der Waals surface area contributed by atoms with Gasteiger partial charge in [-0.1, -0.05) is 314 Å². The molecule has 0 aliphatic heterocycles. The van der Waals surface area contributed by atoms with E-state index in [9.17, 15) is 43.5 Å². The topological polar surface area (TPSA) is 231 Å². The molecular formula is C87H146O16P2. The van der Waals surface area contributed by atoms with E-state index in [1.165, 1.54) is 64.2 Å². The zero-order chi connectivity index (χ0) is 76.6. The van der Waals surface area contributed by atoms with Crippen molar-refractivity contribution in [3.05, 3.63) is 158 Å². The Hall–Kier alpha value is -4.83. The number of unbranched alkanes of at least 4 members (excludes halogenated alkanes) is 27. The van der Waals surface area contributed by atoms with E-state index in [1.807, 2.05) is 0 Å². The number of aliphatic hydroxyl groups is 2. The predicted octanol–water partition coefficient (Wildman–Crippen LogP) is 24.2. The van der Waals surface area contributed by atoms with Gasteiger partial charge in [0.25, 0.3) is 0 Å². The third-order valence-corrected chi connectivity index (χ3v) is 18.6. The fourth-order valence-corrected chi connectivity index (χ4v) is 12.2. The van der Waals surface area contributed by atoms with E-state index in [2.05, 4.69) is 179 Å². The quantitative estimate of drug-likeness (QED) is 0.0146. The summed E-state index contributed by atoms with van der Waals surface area (Å²) < 4.78 is 61.2. The van der Waals surface area contributed by atoms with E-state index >= 15 is 0 Å². The highest BCUT2D eigenvalue weighted by Gasteiger charge is 2.29. The van der Waals surface area contributed by atoms with Crippen LogP contribution in [0.1, 0.15) is 316 Å². The van der Waals surface area contributed by atoms with Crippen LogP contribution in [0.15, 0.2) is 158 Å². The standard InChI is InChI=1S/C87H146O16P2/c1-4-7-10-13-16-19-22-25-28-31-33-34-35-36-37-38-39-40-41-42-43-44-45-46-48-51-52-55-58-61-64-67-70-73-85(90)97-76-82(88)77-99-104(93,94)100-78-83(89)79-101-105(95,96)102-81-84(103-87(92)75-72-69-66-63-60-57-54-49-30-27-24-21-18-15-12-9-6-3)80-98-86(91)74-71-68-65-62-59-56-53-50-47-32-29-26-23-20-17-14-11-8-5-2/h7-12,16-21,25-30,33-34,36-37,39-40,47,50,82-84,88-89H,4-6,13-15,22-24,31-32,35,38,41-46,48-49,51-81H2,1-3H3,(H,93,94)(H,95,96)/b10-7-,11-8-,12-9-,19-16-,20-17-,21-18-,28-25-,29-26-,30-27-,34-33-,37-36-,40-39-,50-47-. The summed E-state index contributed by atoms with van der Waals surface area (Å²) >= 11 is 0. The Morgan fingerprint density at radius 3 is 0.752 bits per heavy atom. The molecule has 4 N–H and O–H groups in total. The van der Waals surface area contributed by atoms with Crippen LogP contribution in [0.25, 0.3) is 0 Å². The first-order chi connectivity index (χ1) is 51.2. The average molecular weight is 1510 g/mol. The van der Waals surface area contributed by atoms with Gasteiger partial charge in [-0.2, -0.15) is 0 Å². The molecule has 0 fully saturated rings. The molecule has 0 aliphatic rings. The third kappa shape index (κ3) is 80.0. The fraction of sp³-hybridized carbons (Fsp3) is 0.667.